The van der Waals surface area contributed by atoms with Crippen molar-refractivity contribution in [3.8, 4) is 0 Å². The lowest BCUT2D eigenvalue weighted by Gasteiger charge is -2.22. The third-order valence-electron chi connectivity index (χ3n) is 4.79. The van der Waals surface area contributed by atoms with Crippen molar-refractivity contribution < 1.29 is 9.59 Å². The highest BCUT2D eigenvalue weighted by Crippen LogP contribution is 2.23. The van der Waals surface area contributed by atoms with Gasteiger partial charge >= 0.3 is 0 Å². The molecule has 5 heteroatoms. The van der Waals surface area contributed by atoms with Crippen molar-refractivity contribution in [1.82, 2.24) is 5.32 Å². The molecule has 5 nitrogen and oxygen atoms in total. The Kier molecular flexibility index (Phi) is 8.05. The molecule has 28 heavy (non-hydrogen) atoms. The Labute approximate surface area is 168 Å². The van der Waals surface area contributed by atoms with Crippen LogP contribution in [0.3, 0.4) is 0 Å². The van der Waals surface area contributed by atoms with E-state index in [0.717, 1.165) is 42.9 Å². The van der Waals surface area contributed by atoms with Crippen LogP contribution in [0.25, 0.3) is 0 Å². The zero-order valence-corrected chi connectivity index (χ0v) is 17.3. The minimum Gasteiger partial charge on any atom is -0.372 e. The molecule has 0 fully saturated rings. The monoisotopic (exact) mass is 381 g/mol. The molecule has 0 aliphatic carbocycles. The van der Waals surface area contributed by atoms with E-state index >= 15 is 0 Å². The van der Waals surface area contributed by atoms with Gasteiger partial charge in [0.1, 0.15) is 0 Å². The molecule has 2 N–H and O–H groups in total. The van der Waals surface area contributed by atoms with E-state index in [9.17, 15) is 9.59 Å². The second-order valence-corrected chi connectivity index (χ2v) is 6.82. The molecule has 2 rings (SSSR count). The topological polar surface area (TPSA) is 61.4 Å². The van der Waals surface area contributed by atoms with Gasteiger partial charge in [-0.2, -0.15) is 0 Å². The molecule has 0 saturated heterocycles. The van der Waals surface area contributed by atoms with Gasteiger partial charge in [-0.1, -0.05) is 19.4 Å². The number of rotatable bonds is 9. The fourth-order valence-corrected chi connectivity index (χ4v) is 3.05. The van der Waals surface area contributed by atoms with Crippen LogP contribution in [0.1, 0.15) is 59.9 Å². The average Bonchev–Trinajstić information content (AvgIpc) is 2.71. The highest BCUT2D eigenvalue weighted by atomic mass is 16.2. The summed E-state index contributed by atoms with van der Waals surface area (Å²) < 4.78 is 0. The first-order valence-corrected chi connectivity index (χ1v) is 10.0. The molecule has 0 bridgehead atoms. The van der Waals surface area contributed by atoms with Gasteiger partial charge in [-0.3, -0.25) is 9.59 Å². The Morgan fingerprint density at radius 3 is 2.21 bits per heavy atom. The summed E-state index contributed by atoms with van der Waals surface area (Å²) in [7, 11) is 0. The summed E-state index contributed by atoms with van der Waals surface area (Å²) in [6, 6.07) is 12.9. The Balaban J connectivity index is 2.10. The molecule has 2 aromatic carbocycles. The van der Waals surface area contributed by atoms with Gasteiger partial charge in [0.05, 0.1) is 0 Å². The van der Waals surface area contributed by atoms with Crippen molar-refractivity contribution in [1.29, 1.82) is 0 Å². The molecule has 2 amide bonds. The number of carbonyl (C=O) groups excluding carboxylic acids is 2. The molecule has 0 aromatic heterocycles. The van der Waals surface area contributed by atoms with E-state index in [0.29, 0.717) is 17.7 Å². The number of amides is 2. The van der Waals surface area contributed by atoms with Crippen LogP contribution >= 0.6 is 0 Å². The van der Waals surface area contributed by atoms with E-state index in [-0.39, 0.29) is 11.8 Å². The smallest absolute Gasteiger partial charge is 0.255 e. The number of hydrogen-bond acceptors (Lipinski definition) is 3. The van der Waals surface area contributed by atoms with E-state index in [4.69, 9.17) is 0 Å². The summed E-state index contributed by atoms with van der Waals surface area (Å²) >= 11 is 0. The Bertz CT molecular complexity index is 813. The lowest BCUT2D eigenvalue weighted by molar-refractivity contribution is 0.0953. The van der Waals surface area contributed by atoms with Crippen LogP contribution in [-0.4, -0.2) is 31.4 Å². The van der Waals surface area contributed by atoms with Crippen LogP contribution < -0.4 is 15.5 Å². The van der Waals surface area contributed by atoms with Crippen molar-refractivity contribution in [2.75, 3.05) is 29.9 Å². The van der Waals surface area contributed by atoms with Crippen LogP contribution in [0.4, 0.5) is 11.4 Å². The number of aryl methyl sites for hydroxylation is 1. The zero-order valence-electron chi connectivity index (χ0n) is 17.3. The Morgan fingerprint density at radius 2 is 1.61 bits per heavy atom. The summed E-state index contributed by atoms with van der Waals surface area (Å²) in [5.74, 6) is -0.371. The third kappa shape index (κ3) is 5.59. The van der Waals surface area contributed by atoms with Crippen LogP contribution in [0.2, 0.25) is 0 Å². The Hall–Kier alpha value is -2.82. The van der Waals surface area contributed by atoms with Crippen molar-refractivity contribution in [3.63, 3.8) is 0 Å². The molecule has 0 unspecified atom stereocenters. The minimum absolute atomic E-state index is 0.150. The normalized spacial score (nSPS) is 10.4. The summed E-state index contributed by atoms with van der Waals surface area (Å²) in [6.45, 7) is 10.8. The molecule has 0 spiro atoms. The quantitative estimate of drug-likeness (QED) is 0.623. The number of unbranched alkanes of at least 4 members (excludes halogenated alkanes) is 1. The molecule has 0 atom stereocenters. The number of nitrogens with one attached hydrogen (secondary N) is 2. The standard InChI is InChI=1S/C23H31N3O2/c1-5-8-14-24-22(27)18-10-9-11-19(16-18)23(28)25-21-13-12-20(15-17(21)4)26(6-2)7-3/h9-13,15-16H,5-8,14H2,1-4H3,(H,24,27)(H,25,28). The van der Waals surface area contributed by atoms with Gasteiger partial charge in [-0.25, -0.2) is 0 Å². The van der Waals surface area contributed by atoms with Crippen molar-refractivity contribution in [3.05, 3.63) is 59.2 Å². The van der Waals surface area contributed by atoms with Crippen LogP contribution in [0.15, 0.2) is 42.5 Å². The van der Waals surface area contributed by atoms with Crippen LogP contribution in [0.5, 0.6) is 0 Å². The lowest BCUT2D eigenvalue weighted by Crippen LogP contribution is -2.24. The van der Waals surface area contributed by atoms with Gasteiger partial charge in [0.15, 0.2) is 0 Å². The molecule has 0 heterocycles. The highest BCUT2D eigenvalue weighted by molar-refractivity contribution is 6.06. The van der Waals surface area contributed by atoms with Crippen LogP contribution in [-0.2, 0) is 0 Å². The number of anilines is 2. The van der Waals surface area contributed by atoms with E-state index < -0.39 is 0 Å². The largest absolute Gasteiger partial charge is 0.372 e. The summed E-state index contributed by atoms with van der Waals surface area (Å²) in [4.78, 5) is 27.2. The first-order chi connectivity index (χ1) is 13.5. The summed E-state index contributed by atoms with van der Waals surface area (Å²) in [5.41, 5.74) is 3.89. The van der Waals surface area contributed by atoms with Gasteiger partial charge in [0.2, 0.25) is 0 Å². The van der Waals surface area contributed by atoms with Crippen LogP contribution in [0, 0.1) is 6.92 Å². The van der Waals surface area contributed by atoms with E-state index in [1.807, 2.05) is 19.1 Å². The first kappa shape index (κ1) is 21.5. The fourth-order valence-electron chi connectivity index (χ4n) is 3.05. The van der Waals surface area contributed by atoms with E-state index in [2.05, 4.69) is 42.4 Å². The predicted molar refractivity (Wildman–Crippen MR) is 116 cm³/mol. The fraction of sp³-hybridized carbons (Fsp3) is 0.391. The minimum atomic E-state index is -0.220. The van der Waals surface area contributed by atoms with Gasteiger partial charge < -0.3 is 15.5 Å². The molecule has 0 saturated carbocycles. The maximum absolute atomic E-state index is 12.7. The van der Waals surface area contributed by atoms with Crippen molar-refractivity contribution in [2.45, 2.75) is 40.5 Å². The summed E-state index contributed by atoms with van der Waals surface area (Å²) in [6.07, 6.45) is 1.96. The zero-order chi connectivity index (χ0) is 20.5. The molecule has 150 valence electrons. The van der Waals surface area contributed by atoms with E-state index in [1.165, 1.54) is 0 Å². The summed E-state index contributed by atoms with van der Waals surface area (Å²) in [5, 5.41) is 5.84. The van der Waals surface area contributed by atoms with Gasteiger partial charge in [0.25, 0.3) is 11.8 Å². The van der Waals surface area contributed by atoms with Gasteiger partial charge in [-0.05, 0) is 69.2 Å². The maximum atomic E-state index is 12.7. The maximum Gasteiger partial charge on any atom is 0.255 e. The number of hydrogen-bond donors (Lipinski definition) is 2. The van der Waals surface area contributed by atoms with Gasteiger partial charge in [0, 0.05) is 42.1 Å². The third-order valence-corrected chi connectivity index (χ3v) is 4.79. The average molecular weight is 382 g/mol. The molecular weight excluding hydrogens is 350 g/mol. The number of nitrogens with zero attached hydrogens (tertiary/aromatic N) is 1. The Morgan fingerprint density at radius 1 is 0.929 bits per heavy atom. The molecule has 0 aliphatic heterocycles. The second-order valence-electron chi connectivity index (χ2n) is 6.82. The SMILES string of the molecule is CCCCNC(=O)c1cccc(C(=O)Nc2ccc(N(CC)CC)cc2C)c1. The molecule has 0 aliphatic rings. The lowest BCUT2D eigenvalue weighted by atomic mass is 10.1. The second kappa shape index (κ2) is 10.5. The highest BCUT2D eigenvalue weighted by Gasteiger charge is 2.12. The number of benzene rings is 2. The van der Waals surface area contributed by atoms with E-state index in [1.54, 1.807) is 24.3 Å². The molecular formula is C23H31N3O2. The first-order valence-electron chi connectivity index (χ1n) is 10.0. The van der Waals surface area contributed by atoms with Crippen molar-refractivity contribution in [2.24, 2.45) is 0 Å². The van der Waals surface area contributed by atoms with Crippen molar-refractivity contribution >= 4 is 23.2 Å². The predicted octanol–water partition coefficient (Wildman–Crippen LogP) is 4.62. The number of carbonyl (C=O) groups is 2. The van der Waals surface area contributed by atoms with Gasteiger partial charge in [-0.15, -0.1) is 0 Å². The molecule has 0 radical (unpaired) electrons. The molecule has 2 aromatic rings.